The van der Waals surface area contributed by atoms with Crippen molar-refractivity contribution in [3.8, 4) is 5.75 Å². The standard InChI is InChI=1S/C26H28F3N5O2/c1-15-14-34(21-12-24(35)32(5)20-8-10-23(30-4)31-25(20)21)16(2)13-33(15)17(3)18-7-9-22(36-6)19(11-18)26(27,28)29/h7-12,15-17H,13-14H2,1-3,5-6H3/t15-,16+,17?/m1/s1. The van der Waals surface area contributed by atoms with Gasteiger partial charge in [-0.15, -0.1) is 4.98 Å². The summed E-state index contributed by atoms with van der Waals surface area (Å²) in [6, 6.07) is 8.71. The lowest BCUT2D eigenvalue weighted by Gasteiger charge is -2.47. The van der Waals surface area contributed by atoms with Gasteiger partial charge in [0.05, 0.1) is 23.9 Å². The number of halogens is 3. The van der Waals surface area contributed by atoms with Gasteiger partial charge in [-0.25, -0.2) is 0 Å². The molecule has 7 nitrogen and oxygen atoms in total. The van der Waals surface area contributed by atoms with Crippen molar-refractivity contribution in [3.63, 3.8) is 0 Å². The number of rotatable bonds is 4. The molecule has 1 saturated heterocycles. The lowest BCUT2D eigenvalue weighted by Crippen LogP contribution is -2.57. The zero-order valence-corrected chi connectivity index (χ0v) is 20.8. The summed E-state index contributed by atoms with van der Waals surface area (Å²) >= 11 is 0. The molecule has 3 aromatic rings. The van der Waals surface area contributed by atoms with Crippen LogP contribution in [0.4, 0.5) is 24.7 Å². The summed E-state index contributed by atoms with van der Waals surface area (Å²) in [5, 5.41) is 0. The minimum atomic E-state index is -4.52. The summed E-state index contributed by atoms with van der Waals surface area (Å²) in [4.78, 5) is 24.9. The topological polar surface area (TPSA) is 55.0 Å². The van der Waals surface area contributed by atoms with Gasteiger partial charge in [0.25, 0.3) is 11.4 Å². The molecule has 0 bridgehead atoms. The van der Waals surface area contributed by atoms with E-state index in [1.54, 1.807) is 31.3 Å². The molecule has 0 aliphatic carbocycles. The number of alkyl halides is 3. The van der Waals surface area contributed by atoms with Crippen LogP contribution in [0.5, 0.6) is 5.75 Å². The van der Waals surface area contributed by atoms with E-state index in [9.17, 15) is 18.0 Å². The van der Waals surface area contributed by atoms with Crippen molar-refractivity contribution in [2.75, 3.05) is 25.1 Å². The van der Waals surface area contributed by atoms with E-state index < -0.39 is 11.7 Å². The predicted molar refractivity (Wildman–Crippen MR) is 133 cm³/mol. The Labute approximate surface area is 207 Å². The summed E-state index contributed by atoms with van der Waals surface area (Å²) in [6.45, 7) is 14.4. The number of aromatic nitrogens is 2. The lowest BCUT2D eigenvalue weighted by atomic mass is 9.98. The molecule has 0 amide bonds. The van der Waals surface area contributed by atoms with Crippen molar-refractivity contribution < 1.29 is 17.9 Å². The van der Waals surface area contributed by atoms with Gasteiger partial charge in [-0.1, -0.05) is 12.6 Å². The average molecular weight is 500 g/mol. The maximum atomic E-state index is 13.6. The summed E-state index contributed by atoms with van der Waals surface area (Å²) < 4.78 is 47.2. The number of anilines is 1. The predicted octanol–water partition coefficient (Wildman–Crippen LogP) is 5.17. The fraction of sp³-hybridized carbons (Fsp3) is 0.423. The van der Waals surface area contributed by atoms with Crippen LogP contribution in [0.1, 0.15) is 37.9 Å². The van der Waals surface area contributed by atoms with E-state index >= 15 is 0 Å². The third kappa shape index (κ3) is 4.51. The Hall–Kier alpha value is -3.58. The monoisotopic (exact) mass is 499 g/mol. The first-order valence-electron chi connectivity index (χ1n) is 11.6. The molecule has 4 rings (SSSR count). The molecule has 3 atom stereocenters. The number of hydrogen-bond acceptors (Lipinski definition) is 5. The minimum absolute atomic E-state index is 0.0317. The van der Waals surface area contributed by atoms with E-state index in [4.69, 9.17) is 11.3 Å². The van der Waals surface area contributed by atoms with Crippen molar-refractivity contribution in [1.29, 1.82) is 0 Å². The van der Waals surface area contributed by atoms with Crippen LogP contribution in [0.3, 0.4) is 0 Å². The van der Waals surface area contributed by atoms with E-state index in [2.05, 4.69) is 19.6 Å². The molecule has 10 heteroatoms. The number of benzene rings is 1. The van der Waals surface area contributed by atoms with Gasteiger partial charge in [-0.05, 0) is 50.6 Å². The van der Waals surface area contributed by atoms with Crippen LogP contribution >= 0.6 is 0 Å². The number of piperazine rings is 1. The Morgan fingerprint density at radius 1 is 1.14 bits per heavy atom. The van der Waals surface area contributed by atoms with Crippen LogP contribution in [-0.2, 0) is 13.2 Å². The number of pyridine rings is 2. The molecular weight excluding hydrogens is 471 g/mol. The molecule has 1 aromatic carbocycles. The van der Waals surface area contributed by atoms with Crippen LogP contribution in [0, 0.1) is 6.57 Å². The summed E-state index contributed by atoms with van der Waals surface area (Å²) in [6.07, 6.45) is -4.52. The van der Waals surface area contributed by atoms with Crippen molar-refractivity contribution in [3.05, 3.63) is 69.3 Å². The molecule has 0 radical (unpaired) electrons. The molecule has 3 heterocycles. The smallest absolute Gasteiger partial charge is 0.419 e. The molecule has 0 saturated carbocycles. The van der Waals surface area contributed by atoms with E-state index in [0.717, 1.165) is 6.07 Å². The molecule has 1 aliphatic rings. The third-order valence-electron chi connectivity index (χ3n) is 7.02. The SMILES string of the molecule is [C-]#[N+]c1ccc2c(n1)c(N1C[C@@H](C)N(C(C)c3ccc(OC)c(C(F)(F)F)c3)C[C@@H]1C)cc(=O)n2C. The van der Waals surface area contributed by atoms with Crippen LogP contribution in [0.2, 0.25) is 0 Å². The van der Waals surface area contributed by atoms with Crippen LogP contribution in [-0.4, -0.2) is 46.7 Å². The molecule has 0 spiro atoms. The fourth-order valence-electron chi connectivity index (χ4n) is 5.01. The third-order valence-corrected chi connectivity index (χ3v) is 7.02. The number of hydrogen-bond donors (Lipinski definition) is 0. The quantitative estimate of drug-likeness (QED) is 0.464. The largest absolute Gasteiger partial charge is 0.496 e. The highest BCUT2D eigenvalue weighted by molar-refractivity contribution is 5.89. The molecule has 36 heavy (non-hydrogen) atoms. The van der Waals surface area contributed by atoms with Crippen molar-refractivity contribution >= 4 is 22.5 Å². The number of aryl methyl sites for hydroxylation is 1. The Kier molecular flexibility index (Phi) is 6.71. The van der Waals surface area contributed by atoms with Gasteiger partial charge in [0.2, 0.25) is 5.52 Å². The van der Waals surface area contributed by atoms with E-state index in [1.807, 2.05) is 20.8 Å². The maximum Gasteiger partial charge on any atom is 0.419 e. The molecule has 190 valence electrons. The number of ether oxygens (including phenoxy) is 1. The van der Waals surface area contributed by atoms with Gasteiger partial charge in [0.15, 0.2) is 0 Å². The molecule has 1 aliphatic heterocycles. The van der Waals surface area contributed by atoms with Crippen LogP contribution in [0.25, 0.3) is 15.9 Å². The van der Waals surface area contributed by atoms with Gasteiger partial charge in [0.1, 0.15) is 5.75 Å². The normalized spacial score (nSPS) is 19.8. The van der Waals surface area contributed by atoms with Gasteiger partial charge in [-0.2, -0.15) is 13.2 Å². The highest BCUT2D eigenvalue weighted by atomic mass is 19.4. The van der Waals surface area contributed by atoms with Gasteiger partial charge in [-0.3, -0.25) is 9.69 Å². The van der Waals surface area contributed by atoms with E-state index in [-0.39, 0.29) is 35.3 Å². The van der Waals surface area contributed by atoms with Gasteiger partial charge < -0.3 is 19.0 Å². The Morgan fingerprint density at radius 3 is 2.50 bits per heavy atom. The maximum absolute atomic E-state index is 13.6. The highest BCUT2D eigenvalue weighted by Gasteiger charge is 2.37. The highest BCUT2D eigenvalue weighted by Crippen LogP contribution is 2.39. The number of fused-ring (bicyclic) bond motifs is 1. The van der Waals surface area contributed by atoms with Crippen LogP contribution in [0.15, 0.2) is 41.2 Å². The second-order valence-corrected chi connectivity index (χ2v) is 9.26. The molecule has 1 fully saturated rings. The number of nitrogens with zero attached hydrogens (tertiary/aromatic N) is 5. The average Bonchev–Trinajstić information content (AvgIpc) is 2.85. The number of methoxy groups -OCH3 is 1. The van der Waals surface area contributed by atoms with E-state index in [0.29, 0.717) is 35.4 Å². The summed E-state index contributed by atoms with van der Waals surface area (Å²) in [7, 11) is 2.90. The van der Waals surface area contributed by atoms with Crippen molar-refractivity contribution in [2.45, 2.75) is 45.1 Å². The lowest BCUT2D eigenvalue weighted by molar-refractivity contribution is -0.138. The first-order valence-corrected chi connectivity index (χ1v) is 11.6. The Balaban J connectivity index is 1.67. The summed E-state index contributed by atoms with van der Waals surface area (Å²) in [5.74, 6) is 0.0452. The van der Waals surface area contributed by atoms with Crippen molar-refractivity contribution in [2.24, 2.45) is 7.05 Å². The van der Waals surface area contributed by atoms with Gasteiger partial charge >= 0.3 is 6.18 Å². The Morgan fingerprint density at radius 2 is 1.86 bits per heavy atom. The Bertz CT molecular complexity index is 1400. The molecule has 2 aromatic heterocycles. The first-order chi connectivity index (χ1) is 17.0. The second-order valence-electron chi connectivity index (χ2n) is 9.26. The molecular formula is C26H28F3N5O2. The zero-order valence-electron chi connectivity index (χ0n) is 20.8. The first kappa shape index (κ1) is 25.5. The van der Waals surface area contributed by atoms with Crippen LogP contribution < -0.4 is 15.2 Å². The second kappa shape index (κ2) is 9.47. The summed E-state index contributed by atoms with van der Waals surface area (Å²) in [5.41, 5.74) is 1.46. The van der Waals surface area contributed by atoms with Crippen molar-refractivity contribution in [1.82, 2.24) is 14.5 Å². The minimum Gasteiger partial charge on any atom is -0.496 e. The van der Waals surface area contributed by atoms with Gasteiger partial charge in [0, 0.05) is 44.3 Å². The fourth-order valence-corrected chi connectivity index (χ4v) is 5.01. The van der Waals surface area contributed by atoms with E-state index in [1.165, 1.54) is 17.7 Å². The molecule has 1 unspecified atom stereocenters. The molecule has 0 N–H and O–H groups in total. The zero-order chi connectivity index (χ0) is 26.4.